The zero-order valence-electron chi connectivity index (χ0n) is 12.8. The van der Waals surface area contributed by atoms with Gasteiger partial charge in [-0.1, -0.05) is 6.92 Å². The molecule has 1 heterocycles. The number of nitrogens with one attached hydrogen (secondary N) is 2. The molecule has 0 saturated carbocycles. The van der Waals surface area contributed by atoms with Crippen LogP contribution in [-0.2, 0) is 21.3 Å². The van der Waals surface area contributed by atoms with Crippen LogP contribution in [0.3, 0.4) is 0 Å². The average molecular weight is 399 g/mol. The monoisotopic (exact) mass is 398 g/mol. The van der Waals surface area contributed by atoms with Crippen molar-refractivity contribution >= 4 is 37.3 Å². The number of thiophene rings is 1. The molecule has 0 fully saturated rings. The van der Waals surface area contributed by atoms with E-state index in [2.05, 4.69) is 32.9 Å². The number of rotatable bonds is 9. The van der Waals surface area contributed by atoms with Gasteiger partial charge in [-0.15, -0.1) is 11.3 Å². The molecule has 0 amide bonds. The molecule has 0 unspecified atom stereocenters. The van der Waals surface area contributed by atoms with Gasteiger partial charge in [-0.3, -0.25) is 0 Å². The predicted octanol–water partition coefficient (Wildman–Crippen LogP) is 2.71. The van der Waals surface area contributed by atoms with Crippen LogP contribution in [0.2, 0.25) is 0 Å². The van der Waals surface area contributed by atoms with Crippen molar-refractivity contribution in [1.82, 2.24) is 10.0 Å². The largest absolute Gasteiger partial charge is 0.377 e. The van der Waals surface area contributed by atoms with Gasteiger partial charge in [0.05, 0.1) is 9.39 Å². The summed E-state index contributed by atoms with van der Waals surface area (Å²) in [4.78, 5) is 1.27. The summed E-state index contributed by atoms with van der Waals surface area (Å²) in [6.45, 7) is 7.57. The molecular formula is C13H23BrN2O3S2. The topological polar surface area (TPSA) is 67.4 Å². The molecule has 0 aliphatic rings. The molecule has 0 radical (unpaired) electrons. The maximum absolute atomic E-state index is 12.3. The standard InChI is InChI=1S/C13H23BrN2O3S2/c1-5-6-15-8-10-7-11(12(14)20-10)21(17,18)16-9-13(2,3)19-4/h7,15-16H,5-6,8-9H2,1-4H3. The highest BCUT2D eigenvalue weighted by molar-refractivity contribution is 9.11. The number of hydrogen-bond donors (Lipinski definition) is 2. The van der Waals surface area contributed by atoms with E-state index in [1.54, 1.807) is 13.2 Å². The van der Waals surface area contributed by atoms with Crippen LogP contribution < -0.4 is 10.0 Å². The van der Waals surface area contributed by atoms with E-state index in [-0.39, 0.29) is 11.4 Å². The molecule has 5 nitrogen and oxygen atoms in total. The summed E-state index contributed by atoms with van der Waals surface area (Å²) >= 11 is 4.77. The van der Waals surface area contributed by atoms with Crippen molar-refractivity contribution in [2.24, 2.45) is 0 Å². The number of methoxy groups -OCH3 is 1. The van der Waals surface area contributed by atoms with Crippen molar-refractivity contribution in [3.8, 4) is 0 Å². The maximum Gasteiger partial charge on any atom is 0.242 e. The van der Waals surface area contributed by atoms with Crippen molar-refractivity contribution in [3.05, 3.63) is 14.7 Å². The van der Waals surface area contributed by atoms with E-state index in [1.165, 1.54) is 11.3 Å². The lowest BCUT2D eigenvalue weighted by molar-refractivity contribution is 0.0276. The molecule has 21 heavy (non-hydrogen) atoms. The zero-order chi connectivity index (χ0) is 16.1. The molecule has 0 bridgehead atoms. The summed E-state index contributed by atoms with van der Waals surface area (Å²) in [7, 11) is -1.98. The molecule has 0 saturated heterocycles. The lowest BCUT2D eigenvalue weighted by Crippen LogP contribution is -2.39. The minimum absolute atomic E-state index is 0.220. The van der Waals surface area contributed by atoms with E-state index >= 15 is 0 Å². The summed E-state index contributed by atoms with van der Waals surface area (Å²) in [5.41, 5.74) is -0.541. The second-order valence-electron chi connectivity index (χ2n) is 5.32. The summed E-state index contributed by atoms with van der Waals surface area (Å²) in [5, 5.41) is 3.26. The van der Waals surface area contributed by atoms with Crippen LogP contribution in [0.25, 0.3) is 0 Å². The maximum atomic E-state index is 12.3. The van der Waals surface area contributed by atoms with Gasteiger partial charge in [-0.05, 0) is 48.8 Å². The Morgan fingerprint density at radius 2 is 2.10 bits per heavy atom. The number of sulfonamides is 1. The fourth-order valence-electron chi connectivity index (χ4n) is 1.48. The van der Waals surface area contributed by atoms with Gasteiger partial charge in [0.2, 0.25) is 10.0 Å². The Bertz CT molecular complexity index is 556. The first kappa shape index (κ1) is 19.1. The first-order valence-corrected chi connectivity index (χ1v) is 9.85. The first-order chi connectivity index (χ1) is 9.72. The zero-order valence-corrected chi connectivity index (χ0v) is 16.0. The molecule has 0 aliphatic heterocycles. The van der Waals surface area contributed by atoms with Gasteiger partial charge >= 0.3 is 0 Å². The van der Waals surface area contributed by atoms with E-state index in [0.717, 1.165) is 17.8 Å². The van der Waals surface area contributed by atoms with E-state index < -0.39 is 15.6 Å². The number of hydrogen-bond acceptors (Lipinski definition) is 5. The van der Waals surface area contributed by atoms with Crippen LogP contribution in [0.5, 0.6) is 0 Å². The molecule has 1 aromatic heterocycles. The minimum atomic E-state index is -3.54. The Morgan fingerprint density at radius 3 is 2.67 bits per heavy atom. The average Bonchev–Trinajstić information content (AvgIpc) is 2.79. The van der Waals surface area contributed by atoms with Crippen molar-refractivity contribution in [2.45, 2.75) is 44.2 Å². The van der Waals surface area contributed by atoms with Crippen molar-refractivity contribution in [3.63, 3.8) is 0 Å². The molecule has 1 aromatic rings. The molecule has 1 rings (SSSR count). The molecule has 0 spiro atoms. The predicted molar refractivity (Wildman–Crippen MR) is 90.3 cm³/mol. The summed E-state index contributed by atoms with van der Waals surface area (Å²) in [5.74, 6) is 0. The third kappa shape index (κ3) is 5.96. The van der Waals surface area contributed by atoms with Gasteiger partial charge in [0, 0.05) is 25.1 Å². The molecule has 0 atom stereocenters. The van der Waals surface area contributed by atoms with Crippen LogP contribution in [0, 0.1) is 0 Å². The Balaban J connectivity index is 2.79. The van der Waals surface area contributed by atoms with Gasteiger partial charge in [0.25, 0.3) is 0 Å². The smallest absolute Gasteiger partial charge is 0.242 e. The first-order valence-electron chi connectivity index (χ1n) is 6.75. The summed E-state index contributed by atoms with van der Waals surface area (Å²) in [6.07, 6.45) is 1.05. The lowest BCUT2D eigenvalue weighted by Gasteiger charge is -2.22. The molecule has 0 aliphatic carbocycles. The second kappa shape index (κ2) is 8.03. The Morgan fingerprint density at radius 1 is 1.43 bits per heavy atom. The quantitative estimate of drug-likeness (QED) is 0.627. The fraction of sp³-hybridized carbons (Fsp3) is 0.692. The van der Waals surface area contributed by atoms with Gasteiger partial charge in [-0.2, -0.15) is 0 Å². The van der Waals surface area contributed by atoms with Gasteiger partial charge in [0.15, 0.2) is 0 Å². The third-order valence-corrected chi connectivity index (χ3v) is 6.62. The number of ether oxygens (including phenoxy) is 1. The Hall–Kier alpha value is 0.01000. The van der Waals surface area contributed by atoms with Crippen LogP contribution in [0.1, 0.15) is 32.1 Å². The molecule has 122 valence electrons. The van der Waals surface area contributed by atoms with Crippen molar-refractivity contribution in [1.29, 1.82) is 0 Å². The molecule has 8 heteroatoms. The van der Waals surface area contributed by atoms with Gasteiger partial charge < -0.3 is 10.1 Å². The third-order valence-electron chi connectivity index (χ3n) is 2.96. The Labute approximate surface area is 139 Å². The van der Waals surface area contributed by atoms with Crippen LogP contribution >= 0.6 is 27.3 Å². The highest BCUT2D eigenvalue weighted by Crippen LogP contribution is 2.31. The van der Waals surface area contributed by atoms with E-state index in [4.69, 9.17) is 4.74 Å². The molecule has 0 aromatic carbocycles. The van der Waals surface area contributed by atoms with Crippen LogP contribution in [0.15, 0.2) is 14.7 Å². The lowest BCUT2D eigenvalue weighted by atomic mass is 10.1. The van der Waals surface area contributed by atoms with E-state index in [9.17, 15) is 8.42 Å². The summed E-state index contributed by atoms with van der Waals surface area (Å²) in [6, 6.07) is 1.71. The van der Waals surface area contributed by atoms with Crippen LogP contribution in [0.4, 0.5) is 0 Å². The van der Waals surface area contributed by atoms with Crippen molar-refractivity contribution < 1.29 is 13.2 Å². The minimum Gasteiger partial charge on any atom is -0.377 e. The van der Waals surface area contributed by atoms with E-state index in [0.29, 0.717) is 10.3 Å². The van der Waals surface area contributed by atoms with E-state index in [1.807, 2.05) is 13.8 Å². The normalized spacial score (nSPS) is 12.8. The fourth-order valence-corrected chi connectivity index (χ4v) is 5.32. The van der Waals surface area contributed by atoms with Crippen molar-refractivity contribution in [2.75, 3.05) is 20.2 Å². The summed E-state index contributed by atoms with van der Waals surface area (Å²) < 4.78 is 33.1. The van der Waals surface area contributed by atoms with Gasteiger partial charge in [0.1, 0.15) is 4.90 Å². The molecule has 2 N–H and O–H groups in total. The number of halogens is 1. The van der Waals surface area contributed by atoms with Gasteiger partial charge in [-0.25, -0.2) is 13.1 Å². The Kier molecular flexibility index (Phi) is 7.29. The highest BCUT2D eigenvalue weighted by Gasteiger charge is 2.24. The highest BCUT2D eigenvalue weighted by atomic mass is 79.9. The molecular weight excluding hydrogens is 376 g/mol. The van der Waals surface area contributed by atoms with Crippen LogP contribution in [-0.4, -0.2) is 34.2 Å². The second-order valence-corrected chi connectivity index (χ2v) is 9.51. The SMILES string of the molecule is CCCNCc1cc(S(=O)(=O)NCC(C)(C)OC)c(Br)s1.